The number of benzene rings is 2. The Morgan fingerprint density at radius 1 is 0.920 bits per heavy atom. The largest absolute Gasteiger partial charge is 0.490 e. The molecule has 3 aromatic rings. The highest BCUT2D eigenvalue weighted by molar-refractivity contribution is 5.95. The monoisotopic (exact) mass is 716 g/mol. The van der Waals surface area contributed by atoms with Crippen molar-refractivity contribution >= 4 is 34.7 Å². The van der Waals surface area contributed by atoms with E-state index in [0.717, 1.165) is 41.2 Å². The maximum Gasteiger partial charge on any atom is 0.490 e. The lowest BCUT2D eigenvalue weighted by Gasteiger charge is -2.37. The smallest absolute Gasteiger partial charge is 0.489 e. The Labute approximate surface area is 281 Å². The predicted molar refractivity (Wildman–Crippen MR) is 163 cm³/mol. The van der Waals surface area contributed by atoms with E-state index in [1.165, 1.54) is 12.8 Å². The van der Waals surface area contributed by atoms with E-state index in [0.29, 0.717) is 30.9 Å². The minimum Gasteiger partial charge on any atom is -0.489 e. The van der Waals surface area contributed by atoms with E-state index in [-0.39, 0.29) is 11.9 Å². The zero-order chi connectivity index (χ0) is 37.2. The molecule has 1 aromatic heterocycles. The summed E-state index contributed by atoms with van der Waals surface area (Å²) in [7, 11) is 0. The first kappa shape index (κ1) is 39.5. The zero-order valence-corrected chi connectivity index (χ0v) is 26.4. The number of hydrogen-bond donors (Lipinski definition) is 5. The summed E-state index contributed by atoms with van der Waals surface area (Å²) in [6.45, 7) is 4.70. The number of aromatic nitrogens is 1. The van der Waals surface area contributed by atoms with Crippen LogP contribution in [-0.2, 0) is 21.0 Å². The normalized spacial score (nSPS) is 17.7. The lowest BCUT2D eigenvalue weighted by Crippen LogP contribution is -2.55. The van der Waals surface area contributed by atoms with Crippen molar-refractivity contribution in [2.45, 2.75) is 51.2 Å². The van der Waals surface area contributed by atoms with Gasteiger partial charge in [-0.25, -0.2) is 15.1 Å². The van der Waals surface area contributed by atoms with Gasteiger partial charge in [0, 0.05) is 47.9 Å². The van der Waals surface area contributed by atoms with Gasteiger partial charge in [-0.05, 0) is 68.5 Å². The Morgan fingerprint density at radius 2 is 1.50 bits per heavy atom. The number of pyridine rings is 1. The number of carbonyl (C=O) groups is 4. The van der Waals surface area contributed by atoms with Crippen molar-refractivity contribution in [3.63, 3.8) is 0 Å². The van der Waals surface area contributed by atoms with Gasteiger partial charge in [0.15, 0.2) is 0 Å². The lowest BCUT2D eigenvalue weighted by atomic mass is 9.90. The Bertz CT molecular complexity index is 1620. The number of aliphatic carboxylic acids is 2. The van der Waals surface area contributed by atoms with E-state index in [1.54, 1.807) is 29.7 Å². The van der Waals surface area contributed by atoms with E-state index in [1.807, 2.05) is 37.3 Å². The zero-order valence-electron chi connectivity index (χ0n) is 26.4. The number of piperidine rings is 1. The van der Waals surface area contributed by atoms with Crippen LogP contribution in [-0.4, -0.2) is 87.1 Å². The molecule has 18 heteroatoms. The van der Waals surface area contributed by atoms with Crippen LogP contribution in [0.1, 0.15) is 40.9 Å². The molecule has 2 fully saturated rings. The summed E-state index contributed by atoms with van der Waals surface area (Å²) in [6.07, 6.45) is -7.02. The number of fused-ring (bicyclic) bond motifs is 1. The second-order valence-electron chi connectivity index (χ2n) is 11.5. The summed E-state index contributed by atoms with van der Waals surface area (Å²) in [5, 5.41) is 27.5. The van der Waals surface area contributed by atoms with Crippen LogP contribution < -0.4 is 15.5 Å². The highest BCUT2D eigenvalue weighted by atomic mass is 19.4. The molecule has 12 nitrogen and oxygen atoms in total. The number of carbonyl (C=O) groups excluding carboxylic acids is 2. The number of amides is 2. The van der Waals surface area contributed by atoms with E-state index in [4.69, 9.17) is 24.5 Å². The molecule has 1 aliphatic carbocycles. The number of likely N-dealkylation sites (tertiary alicyclic amines) is 1. The summed E-state index contributed by atoms with van der Waals surface area (Å²) in [5.74, 6) is -5.32. The van der Waals surface area contributed by atoms with E-state index in [2.05, 4.69) is 15.2 Å². The SMILES string of the molecule is Cc1cc(COc2ccc(C(=O)N[C@@H]3CCN(CC4CC4)C[C@@H]3C(=O)NO)cc2)c2ccccc2n1.O=C(O)C(F)(F)F.O=C(O)C(F)(F)F. The molecular formula is C32H34F6N4O8. The second kappa shape index (κ2) is 17.1. The van der Waals surface area contributed by atoms with Crippen LogP contribution in [0.25, 0.3) is 10.9 Å². The fourth-order valence-electron chi connectivity index (χ4n) is 5.00. The molecule has 0 unspecified atom stereocenters. The van der Waals surface area contributed by atoms with Crippen LogP contribution in [0.4, 0.5) is 26.3 Å². The van der Waals surface area contributed by atoms with Gasteiger partial charge in [0.1, 0.15) is 12.4 Å². The minimum absolute atomic E-state index is 0.242. The van der Waals surface area contributed by atoms with Gasteiger partial charge in [0.05, 0.1) is 11.4 Å². The van der Waals surface area contributed by atoms with Crippen LogP contribution >= 0.6 is 0 Å². The molecular weight excluding hydrogens is 682 g/mol. The van der Waals surface area contributed by atoms with Crippen molar-refractivity contribution < 1.29 is 65.7 Å². The number of alkyl halides is 6. The number of rotatable bonds is 8. The third kappa shape index (κ3) is 12.2. The number of ether oxygens (including phenoxy) is 1. The van der Waals surface area contributed by atoms with Crippen molar-refractivity contribution in [2.24, 2.45) is 11.8 Å². The Morgan fingerprint density at radius 3 is 2.04 bits per heavy atom. The standard InChI is InChI=1S/C28H32N4O4.2C2HF3O2/c1-18-14-21(23-4-2-3-5-25(23)29-18)17-36-22-10-8-20(9-11-22)27(33)30-26-12-13-32(15-19-6-7-19)16-24(26)28(34)31-35;2*3-2(4,5)1(6)7/h2-5,8-11,14,19,24,26,35H,6-7,12-13,15-17H2,1H3,(H,30,33)(H,31,34);2*(H,6,7)/t24-,26+;;/m0../s1. The number of halogens is 6. The molecule has 50 heavy (non-hydrogen) atoms. The third-order valence-electron chi connectivity index (χ3n) is 7.60. The molecule has 2 heterocycles. The van der Waals surface area contributed by atoms with Crippen molar-refractivity contribution in [1.29, 1.82) is 0 Å². The van der Waals surface area contributed by atoms with Crippen LogP contribution in [0.5, 0.6) is 5.75 Å². The van der Waals surface area contributed by atoms with Crippen molar-refractivity contribution in [3.05, 3.63) is 71.4 Å². The average Bonchev–Trinajstić information content (AvgIpc) is 3.87. The predicted octanol–water partition coefficient (Wildman–Crippen LogP) is 4.72. The molecule has 5 N–H and O–H groups in total. The van der Waals surface area contributed by atoms with Gasteiger partial charge in [-0.3, -0.25) is 19.8 Å². The van der Waals surface area contributed by atoms with Gasteiger partial charge < -0.3 is 25.2 Å². The molecule has 1 aliphatic heterocycles. The van der Waals surface area contributed by atoms with Crippen LogP contribution in [0, 0.1) is 18.8 Å². The molecule has 1 saturated heterocycles. The van der Waals surface area contributed by atoms with E-state index in [9.17, 15) is 41.1 Å². The summed E-state index contributed by atoms with van der Waals surface area (Å²) in [4.78, 5) is 49.9. The maximum absolute atomic E-state index is 12.9. The van der Waals surface area contributed by atoms with Gasteiger partial charge in [-0.1, -0.05) is 18.2 Å². The first-order valence-electron chi connectivity index (χ1n) is 15.0. The van der Waals surface area contributed by atoms with Crippen LogP contribution in [0.3, 0.4) is 0 Å². The highest BCUT2D eigenvalue weighted by Crippen LogP contribution is 2.31. The Kier molecular flexibility index (Phi) is 13.5. The van der Waals surface area contributed by atoms with Gasteiger partial charge in [-0.2, -0.15) is 26.3 Å². The number of nitrogens with one attached hydrogen (secondary N) is 2. The molecule has 2 aromatic carbocycles. The summed E-state index contributed by atoms with van der Waals surface area (Å²) in [5.41, 5.74) is 5.21. The fourth-order valence-corrected chi connectivity index (χ4v) is 5.00. The summed E-state index contributed by atoms with van der Waals surface area (Å²) in [6, 6.07) is 16.7. The molecule has 0 spiro atoms. The third-order valence-corrected chi connectivity index (χ3v) is 7.60. The van der Waals surface area contributed by atoms with Crippen LogP contribution in [0.15, 0.2) is 54.6 Å². The number of nitrogens with zero attached hydrogens (tertiary/aromatic N) is 2. The minimum atomic E-state index is -5.08. The number of carboxylic acids is 2. The molecule has 0 radical (unpaired) electrons. The molecule has 2 amide bonds. The molecule has 272 valence electrons. The average molecular weight is 717 g/mol. The van der Waals surface area contributed by atoms with Gasteiger partial charge in [-0.15, -0.1) is 0 Å². The van der Waals surface area contributed by atoms with E-state index < -0.39 is 36.1 Å². The molecule has 2 atom stereocenters. The van der Waals surface area contributed by atoms with Crippen LogP contribution in [0.2, 0.25) is 0 Å². The second-order valence-corrected chi connectivity index (χ2v) is 11.5. The summed E-state index contributed by atoms with van der Waals surface area (Å²) >= 11 is 0. The van der Waals surface area contributed by atoms with Gasteiger partial charge >= 0.3 is 24.3 Å². The highest BCUT2D eigenvalue weighted by Gasteiger charge is 2.39. The number of para-hydroxylation sites is 1. The lowest BCUT2D eigenvalue weighted by molar-refractivity contribution is -0.193. The molecule has 1 saturated carbocycles. The fraction of sp³-hybridized carbons (Fsp3) is 0.406. The Hall–Kier alpha value is -4.97. The summed E-state index contributed by atoms with van der Waals surface area (Å²) < 4.78 is 69.5. The van der Waals surface area contributed by atoms with Crippen molar-refractivity contribution in [2.75, 3.05) is 19.6 Å². The quantitative estimate of drug-likeness (QED) is 0.124. The van der Waals surface area contributed by atoms with Crippen molar-refractivity contribution in [1.82, 2.24) is 20.7 Å². The first-order chi connectivity index (χ1) is 23.4. The van der Waals surface area contributed by atoms with E-state index >= 15 is 0 Å². The Balaban J connectivity index is 0.000000408. The van der Waals surface area contributed by atoms with Gasteiger partial charge in [0.2, 0.25) is 5.91 Å². The van der Waals surface area contributed by atoms with Gasteiger partial charge in [0.25, 0.3) is 5.91 Å². The van der Waals surface area contributed by atoms with Crippen molar-refractivity contribution in [3.8, 4) is 5.75 Å². The first-order valence-corrected chi connectivity index (χ1v) is 15.0. The molecule has 5 rings (SSSR count). The maximum atomic E-state index is 12.9. The number of aryl methyl sites for hydroxylation is 1. The number of hydroxylamine groups is 1. The number of hydrogen-bond acceptors (Lipinski definition) is 8. The topological polar surface area (TPSA) is 178 Å². The number of carboxylic acid groups (broad SMARTS) is 2. The molecule has 0 bridgehead atoms. The molecule has 2 aliphatic rings.